The fraction of sp³-hybridized carbons (Fsp3) is 0.200. The van der Waals surface area contributed by atoms with E-state index < -0.39 is 0 Å². The summed E-state index contributed by atoms with van der Waals surface area (Å²) in [6.45, 7) is 0.333. The molecule has 0 atom stereocenters. The first-order valence-corrected chi connectivity index (χ1v) is 2.19. The van der Waals surface area contributed by atoms with Gasteiger partial charge in [0.25, 0.3) is 0 Å². The van der Waals surface area contributed by atoms with Crippen molar-refractivity contribution in [2.75, 3.05) is 0 Å². The molecule has 1 rings (SSSR count). The van der Waals surface area contributed by atoms with Crippen molar-refractivity contribution in [3.63, 3.8) is 0 Å². The van der Waals surface area contributed by atoms with Crippen LogP contribution in [0.4, 0.5) is 0 Å². The maximum atomic E-state index is 8.12. The fourth-order valence-corrected chi connectivity index (χ4v) is 0.419. The van der Waals surface area contributed by atoms with Gasteiger partial charge in [0.15, 0.2) is 6.33 Å². The molecule has 1 aromatic rings. The zero-order chi connectivity index (χ0) is 5.82. The van der Waals surface area contributed by atoms with Crippen LogP contribution in [0.15, 0.2) is 12.4 Å². The number of rotatable bonds is 1. The summed E-state index contributed by atoms with van der Waals surface area (Å²) >= 11 is 0. The van der Waals surface area contributed by atoms with Gasteiger partial charge in [-0.15, -0.1) is 0 Å². The van der Waals surface area contributed by atoms with E-state index in [1.54, 1.807) is 17.0 Å². The Morgan fingerprint density at radius 1 is 1.88 bits per heavy atom. The maximum absolute atomic E-state index is 8.12. The van der Waals surface area contributed by atoms with Crippen molar-refractivity contribution in [3.8, 4) is 6.07 Å². The molecular weight excluding hydrogens is 102 g/mol. The lowest BCUT2D eigenvalue weighted by Crippen LogP contribution is -1.89. The van der Waals surface area contributed by atoms with E-state index in [4.69, 9.17) is 5.26 Å². The van der Waals surface area contributed by atoms with Gasteiger partial charge < -0.3 is 4.57 Å². The Balaban J connectivity index is 2.67. The number of nitriles is 1. The van der Waals surface area contributed by atoms with E-state index in [0.717, 1.165) is 0 Å². The Morgan fingerprint density at radius 2 is 2.75 bits per heavy atom. The summed E-state index contributed by atoms with van der Waals surface area (Å²) in [6.07, 6.45) is 5.87. The highest BCUT2D eigenvalue weighted by Crippen LogP contribution is 1.80. The molecule has 0 bridgehead atoms. The van der Waals surface area contributed by atoms with E-state index in [0.29, 0.717) is 6.54 Å². The van der Waals surface area contributed by atoms with Gasteiger partial charge in [-0.2, -0.15) is 5.26 Å². The van der Waals surface area contributed by atoms with Gasteiger partial charge in [0, 0.05) is 12.4 Å². The zero-order valence-corrected chi connectivity index (χ0v) is 4.20. The SMILES string of the molecule is N#CCn1[c]ncc1. The summed E-state index contributed by atoms with van der Waals surface area (Å²) in [7, 11) is 0. The molecule has 1 aromatic heterocycles. The van der Waals surface area contributed by atoms with E-state index >= 15 is 0 Å². The Morgan fingerprint density at radius 3 is 3.25 bits per heavy atom. The third kappa shape index (κ3) is 0.850. The molecule has 0 saturated heterocycles. The average Bonchev–Trinajstić information content (AvgIpc) is 2.19. The third-order valence-electron chi connectivity index (χ3n) is 0.748. The second-order valence-corrected chi connectivity index (χ2v) is 1.31. The van der Waals surface area contributed by atoms with Crippen LogP contribution in [0.25, 0.3) is 0 Å². The fourth-order valence-electron chi connectivity index (χ4n) is 0.419. The van der Waals surface area contributed by atoms with Crippen LogP contribution in [0.3, 0.4) is 0 Å². The lowest BCUT2D eigenvalue weighted by molar-refractivity contribution is 0.822. The summed E-state index contributed by atoms with van der Waals surface area (Å²) < 4.78 is 1.58. The molecule has 0 aliphatic heterocycles. The summed E-state index contributed by atoms with van der Waals surface area (Å²) in [5.41, 5.74) is 0. The lowest BCUT2D eigenvalue weighted by atomic mass is 10.7. The number of imidazole rings is 1. The van der Waals surface area contributed by atoms with Crippen molar-refractivity contribution in [1.29, 1.82) is 5.26 Å². The summed E-state index contributed by atoms with van der Waals surface area (Å²) in [6, 6.07) is 1.96. The van der Waals surface area contributed by atoms with E-state index in [2.05, 4.69) is 11.3 Å². The number of hydrogen-bond acceptors (Lipinski definition) is 2. The molecule has 0 saturated carbocycles. The molecule has 8 heavy (non-hydrogen) atoms. The maximum Gasteiger partial charge on any atom is 0.177 e. The highest BCUT2D eigenvalue weighted by atomic mass is 15.0. The molecule has 0 aliphatic carbocycles. The third-order valence-corrected chi connectivity index (χ3v) is 0.748. The van der Waals surface area contributed by atoms with Crippen LogP contribution in [0.1, 0.15) is 0 Å². The molecule has 3 heteroatoms. The summed E-state index contributed by atoms with van der Waals surface area (Å²) in [5, 5.41) is 8.12. The molecule has 3 nitrogen and oxygen atoms in total. The lowest BCUT2D eigenvalue weighted by Gasteiger charge is -1.84. The Labute approximate surface area is 47.2 Å². The first-order chi connectivity index (χ1) is 3.93. The van der Waals surface area contributed by atoms with Gasteiger partial charge >= 0.3 is 0 Å². The van der Waals surface area contributed by atoms with Crippen molar-refractivity contribution in [2.24, 2.45) is 0 Å². The van der Waals surface area contributed by atoms with Gasteiger partial charge in [-0.3, -0.25) is 0 Å². The number of nitrogens with zero attached hydrogens (tertiary/aromatic N) is 3. The van der Waals surface area contributed by atoms with Gasteiger partial charge in [0.05, 0.1) is 6.07 Å². The molecule has 0 spiro atoms. The molecule has 0 aliphatic rings. The van der Waals surface area contributed by atoms with Crippen LogP contribution in [-0.4, -0.2) is 9.55 Å². The minimum atomic E-state index is 0.333. The van der Waals surface area contributed by atoms with Crippen molar-refractivity contribution >= 4 is 0 Å². The van der Waals surface area contributed by atoms with E-state index in [-0.39, 0.29) is 0 Å². The van der Waals surface area contributed by atoms with Crippen LogP contribution < -0.4 is 0 Å². The first-order valence-electron chi connectivity index (χ1n) is 2.19. The van der Waals surface area contributed by atoms with Crippen LogP contribution in [0, 0.1) is 17.7 Å². The average molecular weight is 106 g/mol. The van der Waals surface area contributed by atoms with Crippen molar-refractivity contribution in [1.82, 2.24) is 9.55 Å². The van der Waals surface area contributed by atoms with Gasteiger partial charge in [-0.1, -0.05) is 0 Å². The normalized spacial score (nSPS) is 8.38. The van der Waals surface area contributed by atoms with Crippen molar-refractivity contribution in [3.05, 3.63) is 18.7 Å². The Bertz CT molecular complexity index is 182. The van der Waals surface area contributed by atoms with Crippen LogP contribution in [-0.2, 0) is 6.54 Å². The predicted octanol–water partition coefficient (Wildman–Crippen LogP) is 0.207. The van der Waals surface area contributed by atoms with Gasteiger partial charge in [0.2, 0.25) is 0 Å². The quantitative estimate of drug-likeness (QED) is 0.513. The second kappa shape index (κ2) is 2.12. The summed E-state index contributed by atoms with van der Waals surface area (Å²) in [4.78, 5) is 3.63. The highest BCUT2D eigenvalue weighted by Gasteiger charge is 1.82. The molecule has 0 unspecified atom stereocenters. The largest absolute Gasteiger partial charge is 0.315 e. The number of hydrogen-bond donors (Lipinski definition) is 0. The van der Waals surface area contributed by atoms with Gasteiger partial charge in [0.1, 0.15) is 6.54 Å². The minimum absolute atomic E-state index is 0.333. The van der Waals surface area contributed by atoms with Gasteiger partial charge in [-0.25, -0.2) is 4.98 Å². The topological polar surface area (TPSA) is 41.6 Å². The Kier molecular flexibility index (Phi) is 1.29. The summed E-state index contributed by atoms with van der Waals surface area (Å²) in [5.74, 6) is 0. The molecule has 39 valence electrons. The molecule has 0 fully saturated rings. The first kappa shape index (κ1) is 4.85. The molecule has 1 heterocycles. The van der Waals surface area contributed by atoms with Crippen molar-refractivity contribution < 1.29 is 0 Å². The van der Waals surface area contributed by atoms with Crippen LogP contribution in [0.2, 0.25) is 0 Å². The van der Waals surface area contributed by atoms with E-state index in [9.17, 15) is 0 Å². The van der Waals surface area contributed by atoms with Crippen LogP contribution >= 0.6 is 0 Å². The molecule has 0 amide bonds. The molecule has 0 aromatic carbocycles. The smallest absolute Gasteiger partial charge is 0.177 e. The van der Waals surface area contributed by atoms with Crippen molar-refractivity contribution in [2.45, 2.75) is 6.54 Å². The monoisotopic (exact) mass is 106 g/mol. The predicted molar refractivity (Wildman–Crippen MR) is 26.7 cm³/mol. The van der Waals surface area contributed by atoms with E-state index in [1.165, 1.54) is 0 Å². The molecular formula is C5H4N3. The van der Waals surface area contributed by atoms with Gasteiger partial charge in [-0.05, 0) is 0 Å². The number of aromatic nitrogens is 2. The van der Waals surface area contributed by atoms with Crippen LogP contribution in [0.5, 0.6) is 0 Å². The molecule has 1 radical (unpaired) electrons. The standard InChI is InChI=1S/C5H4N3/c6-1-3-8-4-2-7-5-8/h2,4H,3H2. The minimum Gasteiger partial charge on any atom is -0.315 e. The zero-order valence-electron chi connectivity index (χ0n) is 4.20. The highest BCUT2D eigenvalue weighted by molar-refractivity contribution is 4.79. The van der Waals surface area contributed by atoms with E-state index in [1.807, 2.05) is 6.07 Å². The Hall–Kier alpha value is -1.30. The molecule has 0 N–H and O–H groups in total. The second-order valence-electron chi connectivity index (χ2n) is 1.31.